The minimum absolute atomic E-state index is 0.0830. The first-order chi connectivity index (χ1) is 18.6. The van der Waals surface area contributed by atoms with Crippen LogP contribution in [0.15, 0.2) is 47.3 Å². The Balaban J connectivity index is 1.36. The van der Waals surface area contributed by atoms with Crippen molar-refractivity contribution in [3.63, 3.8) is 0 Å². The Morgan fingerprint density at radius 3 is 2.82 bits per heavy atom. The zero-order valence-electron chi connectivity index (χ0n) is 23.0. The Bertz CT molecular complexity index is 1490. The van der Waals surface area contributed by atoms with Crippen LogP contribution >= 0.6 is 0 Å². The molecule has 1 fully saturated rings. The van der Waals surface area contributed by atoms with Gasteiger partial charge in [0.05, 0.1) is 23.7 Å². The van der Waals surface area contributed by atoms with Gasteiger partial charge in [-0.25, -0.2) is 8.91 Å². The fourth-order valence-corrected chi connectivity index (χ4v) is 4.73. The first-order valence-corrected chi connectivity index (χ1v) is 13.2. The van der Waals surface area contributed by atoms with Gasteiger partial charge in [0.25, 0.3) is 5.91 Å². The van der Waals surface area contributed by atoms with E-state index in [1.54, 1.807) is 10.6 Å². The SMILES string of the molecule is C/C=C/c1c(-c2noc(CNC(=O)c3ccn(C(C)(C)C)c3)n2)nn2c(N[C@@H]3CCN(C)C[C@@H]3F)cccc12. The third kappa shape index (κ3) is 5.58. The van der Waals surface area contributed by atoms with Gasteiger partial charge in [-0.15, -0.1) is 0 Å². The van der Waals surface area contributed by atoms with Crippen LogP contribution in [-0.4, -0.2) is 67.5 Å². The van der Waals surface area contributed by atoms with E-state index in [2.05, 4.69) is 41.5 Å². The molecule has 1 aliphatic rings. The fourth-order valence-electron chi connectivity index (χ4n) is 4.73. The average Bonchev–Trinajstić information content (AvgIpc) is 3.64. The van der Waals surface area contributed by atoms with Gasteiger partial charge in [0.1, 0.15) is 17.7 Å². The van der Waals surface area contributed by atoms with Gasteiger partial charge in [-0.2, -0.15) is 10.1 Å². The number of amides is 1. The molecule has 4 aromatic rings. The molecular weight excluding hydrogens is 499 g/mol. The van der Waals surface area contributed by atoms with Crippen molar-refractivity contribution in [2.24, 2.45) is 0 Å². The third-order valence-electron chi connectivity index (χ3n) is 6.92. The third-order valence-corrected chi connectivity index (χ3v) is 6.92. The summed E-state index contributed by atoms with van der Waals surface area (Å²) in [5.74, 6) is 1.04. The van der Waals surface area contributed by atoms with Gasteiger partial charge < -0.3 is 24.6 Å². The number of halogens is 1. The smallest absolute Gasteiger partial charge is 0.253 e. The number of aromatic nitrogens is 5. The Morgan fingerprint density at radius 2 is 2.10 bits per heavy atom. The number of alkyl halides is 1. The summed E-state index contributed by atoms with van der Waals surface area (Å²) in [5, 5.41) is 15.1. The first kappa shape index (κ1) is 26.6. The lowest BCUT2D eigenvalue weighted by Gasteiger charge is -2.33. The number of anilines is 1. The summed E-state index contributed by atoms with van der Waals surface area (Å²) in [4.78, 5) is 19.2. The predicted octanol–water partition coefficient (Wildman–Crippen LogP) is 4.36. The van der Waals surface area contributed by atoms with Crippen molar-refractivity contribution in [3.05, 3.63) is 59.8 Å². The largest absolute Gasteiger partial charge is 0.364 e. The summed E-state index contributed by atoms with van der Waals surface area (Å²) < 4.78 is 23.9. The standard InChI is InChI=1S/C28H35FN8O2/c1-6-8-19-22-9-7-10-23(31-21-12-13-35(5)17-20(21)29)37(22)33-25(19)26-32-24(39-34-26)15-30-27(38)18-11-14-36(16-18)28(2,3)4/h6-11,14,16,20-21,31H,12-13,15,17H2,1-5H3,(H,30,38)/b8-6+/t20-,21+/m0/s1. The molecule has 2 N–H and O–H groups in total. The van der Waals surface area contributed by atoms with Crippen molar-refractivity contribution in [3.8, 4) is 11.5 Å². The molecule has 206 valence electrons. The van der Waals surface area contributed by atoms with Crippen LogP contribution in [0.2, 0.25) is 0 Å². The second-order valence-corrected chi connectivity index (χ2v) is 11.0. The number of piperidine rings is 1. The number of likely N-dealkylation sites (tertiary alicyclic amines) is 1. The maximum absolute atomic E-state index is 14.7. The number of hydrogen-bond donors (Lipinski definition) is 2. The van der Waals surface area contributed by atoms with Crippen LogP contribution in [0.1, 0.15) is 55.9 Å². The summed E-state index contributed by atoms with van der Waals surface area (Å²) in [6.45, 7) is 9.44. The van der Waals surface area contributed by atoms with E-state index in [1.807, 2.05) is 66.2 Å². The van der Waals surface area contributed by atoms with Crippen molar-refractivity contribution < 1.29 is 13.7 Å². The van der Waals surface area contributed by atoms with Crippen LogP contribution in [0.5, 0.6) is 0 Å². The van der Waals surface area contributed by atoms with Gasteiger partial charge in [0.2, 0.25) is 11.7 Å². The van der Waals surface area contributed by atoms with E-state index < -0.39 is 6.17 Å². The number of pyridine rings is 1. The molecule has 4 aromatic heterocycles. The van der Waals surface area contributed by atoms with Crippen molar-refractivity contribution in [2.75, 3.05) is 25.5 Å². The van der Waals surface area contributed by atoms with Crippen molar-refractivity contribution in [2.45, 2.75) is 58.4 Å². The zero-order chi connectivity index (χ0) is 27.7. The van der Waals surface area contributed by atoms with E-state index in [4.69, 9.17) is 9.62 Å². The molecular formula is C28H35FN8O2. The van der Waals surface area contributed by atoms with Crippen molar-refractivity contribution in [1.82, 2.24) is 34.5 Å². The minimum atomic E-state index is -0.981. The van der Waals surface area contributed by atoms with E-state index in [1.165, 1.54) is 0 Å². The molecule has 0 spiro atoms. The van der Waals surface area contributed by atoms with Gasteiger partial charge in [-0.3, -0.25) is 4.79 Å². The predicted molar refractivity (Wildman–Crippen MR) is 148 cm³/mol. The van der Waals surface area contributed by atoms with Crippen LogP contribution in [0.25, 0.3) is 23.1 Å². The van der Waals surface area contributed by atoms with Crippen LogP contribution in [0, 0.1) is 0 Å². The molecule has 0 bridgehead atoms. The molecule has 10 nitrogen and oxygen atoms in total. The van der Waals surface area contributed by atoms with Gasteiger partial charge in [-0.05, 0) is 59.4 Å². The van der Waals surface area contributed by atoms with E-state index in [9.17, 15) is 9.18 Å². The fraction of sp³-hybridized carbons (Fsp3) is 0.429. The zero-order valence-corrected chi connectivity index (χ0v) is 23.0. The summed E-state index contributed by atoms with van der Waals surface area (Å²) in [7, 11) is 1.93. The Morgan fingerprint density at radius 1 is 1.28 bits per heavy atom. The highest BCUT2D eigenvalue weighted by molar-refractivity contribution is 5.94. The average molecular weight is 535 g/mol. The number of nitrogens with zero attached hydrogens (tertiary/aromatic N) is 6. The number of rotatable bonds is 7. The highest BCUT2D eigenvalue weighted by atomic mass is 19.1. The number of carbonyl (C=O) groups excluding carboxylic acids is 1. The lowest BCUT2D eigenvalue weighted by molar-refractivity contribution is 0.0946. The van der Waals surface area contributed by atoms with Gasteiger partial charge >= 0.3 is 0 Å². The second-order valence-electron chi connectivity index (χ2n) is 11.0. The number of carbonyl (C=O) groups is 1. The maximum atomic E-state index is 14.7. The molecule has 0 unspecified atom stereocenters. The maximum Gasteiger partial charge on any atom is 0.253 e. The molecule has 2 atom stereocenters. The van der Waals surface area contributed by atoms with Crippen LogP contribution in [0.4, 0.5) is 10.2 Å². The molecule has 11 heteroatoms. The van der Waals surface area contributed by atoms with E-state index in [0.29, 0.717) is 35.9 Å². The van der Waals surface area contributed by atoms with Crippen molar-refractivity contribution in [1.29, 1.82) is 0 Å². The molecule has 39 heavy (non-hydrogen) atoms. The molecule has 5 rings (SSSR count). The van der Waals surface area contributed by atoms with E-state index in [0.717, 1.165) is 17.6 Å². The van der Waals surface area contributed by atoms with E-state index >= 15 is 0 Å². The Hall–Kier alpha value is -3.99. The topological polar surface area (TPSA) is 106 Å². The number of hydrogen-bond acceptors (Lipinski definition) is 7. The normalized spacial score (nSPS) is 18.7. The number of fused-ring (bicyclic) bond motifs is 1. The molecule has 1 aliphatic heterocycles. The molecule has 5 heterocycles. The highest BCUT2D eigenvalue weighted by Crippen LogP contribution is 2.29. The number of nitrogens with one attached hydrogen (secondary N) is 2. The lowest BCUT2D eigenvalue weighted by Crippen LogP contribution is -2.46. The van der Waals surface area contributed by atoms with Crippen LogP contribution in [-0.2, 0) is 12.1 Å². The van der Waals surface area contributed by atoms with Gasteiger partial charge in [-0.1, -0.05) is 23.4 Å². The second kappa shape index (κ2) is 10.6. The Kier molecular flexibility index (Phi) is 7.26. The molecule has 0 aromatic carbocycles. The Labute approximate surface area is 226 Å². The highest BCUT2D eigenvalue weighted by Gasteiger charge is 2.28. The molecule has 0 aliphatic carbocycles. The van der Waals surface area contributed by atoms with E-state index in [-0.39, 0.29) is 29.9 Å². The van der Waals surface area contributed by atoms with Crippen LogP contribution in [0.3, 0.4) is 0 Å². The quantitative estimate of drug-likeness (QED) is 0.363. The number of allylic oxidation sites excluding steroid dienone is 1. The molecule has 0 saturated carbocycles. The molecule has 1 saturated heterocycles. The van der Waals surface area contributed by atoms with Crippen molar-refractivity contribution >= 4 is 23.3 Å². The lowest BCUT2D eigenvalue weighted by atomic mass is 10.0. The summed E-state index contributed by atoms with van der Waals surface area (Å²) in [6.07, 6.45) is 7.27. The van der Waals surface area contributed by atoms with Gasteiger partial charge in [0.15, 0.2) is 0 Å². The minimum Gasteiger partial charge on any atom is -0.364 e. The van der Waals surface area contributed by atoms with Crippen LogP contribution < -0.4 is 10.6 Å². The monoisotopic (exact) mass is 534 g/mol. The summed E-state index contributed by atoms with van der Waals surface area (Å²) in [6, 6.07) is 7.23. The molecule has 1 amide bonds. The molecule has 0 radical (unpaired) electrons. The summed E-state index contributed by atoms with van der Waals surface area (Å²) >= 11 is 0. The van der Waals surface area contributed by atoms with Gasteiger partial charge in [0, 0.05) is 36.6 Å². The summed E-state index contributed by atoms with van der Waals surface area (Å²) in [5.41, 5.74) is 2.63. The first-order valence-electron chi connectivity index (χ1n) is 13.2.